The highest BCUT2D eigenvalue weighted by molar-refractivity contribution is 7.25. The molecular formula is C69H44N6S. The quantitative estimate of drug-likeness (QED) is 0.145. The molecule has 0 bridgehead atoms. The van der Waals surface area contributed by atoms with Crippen molar-refractivity contribution >= 4 is 92.2 Å². The summed E-state index contributed by atoms with van der Waals surface area (Å²) >= 11 is 1.84. The van der Waals surface area contributed by atoms with Gasteiger partial charge in [0.1, 0.15) is 0 Å². The van der Waals surface area contributed by atoms with Crippen LogP contribution in [0.4, 0.5) is 17.1 Å². The van der Waals surface area contributed by atoms with Crippen LogP contribution in [0.5, 0.6) is 0 Å². The highest BCUT2D eigenvalue weighted by Crippen LogP contribution is 2.44. The van der Waals surface area contributed by atoms with Gasteiger partial charge in [-0.15, -0.1) is 11.3 Å². The molecule has 11 aromatic carbocycles. The first-order valence-corrected chi connectivity index (χ1v) is 26.4. The van der Waals surface area contributed by atoms with E-state index in [0.717, 1.165) is 83.2 Å². The van der Waals surface area contributed by atoms with Gasteiger partial charge in [-0.3, -0.25) is 4.57 Å². The van der Waals surface area contributed by atoms with E-state index in [1.807, 2.05) is 47.7 Å². The molecule has 0 amide bonds. The minimum atomic E-state index is 0.557. The summed E-state index contributed by atoms with van der Waals surface area (Å²) in [7, 11) is 0. The van der Waals surface area contributed by atoms with Crippen molar-refractivity contribution in [3.63, 3.8) is 0 Å². The van der Waals surface area contributed by atoms with Crippen LogP contribution in [0.2, 0.25) is 0 Å². The fourth-order valence-electron chi connectivity index (χ4n) is 11.2. The van der Waals surface area contributed by atoms with E-state index in [4.69, 9.17) is 15.0 Å². The van der Waals surface area contributed by atoms with Gasteiger partial charge in [0.2, 0.25) is 5.95 Å². The van der Waals surface area contributed by atoms with Crippen LogP contribution in [0.15, 0.2) is 267 Å². The number of thiophene rings is 1. The van der Waals surface area contributed by atoms with Crippen molar-refractivity contribution in [3.8, 4) is 56.7 Å². The summed E-state index contributed by atoms with van der Waals surface area (Å²) in [5, 5.41) is 7.10. The summed E-state index contributed by atoms with van der Waals surface area (Å²) < 4.78 is 7.18. The average molecular weight is 989 g/mol. The molecule has 4 aromatic heterocycles. The smallest absolute Gasteiger partial charge is 0.238 e. The van der Waals surface area contributed by atoms with Crippen molar-refractivity contribution in [2.45, 2.75) is 0 Å². The van der Waals surface area contributed by atoms with Crippen LogP contribution in [0, 0.1) is 0 Å². The summed E-state index contributed by atoms with van der Waals surface area (Å²) in [5.41, 5.74) is 15.1. The minimum absolute atomic E-state index is 0.557. The SMILES string of the molecule is c1ccc(-c2ccc(N(c3ccc(-c4ccc5c(c4)c4cc6c(cc4n5-c4nc(-c5ccccc5)nc(-c5ccccc5)n4)c4ccccc4n6-c4ccccc4)cc3)c3ccc4c(c3)sc3ccccc34)cc2)cc1. The van der Waals surface area contributed by atoms with Gasteiger partial charge in [0.25, 0.3) is 0 Å². The fourth-order valence-corrected chi connectivity index (χ4v) is 12.3. The molecule has 0 radical (unpaired) electrons. The summed E-state index contributed by atoms with van der Waals surface area (Å²) in [6.07, 6.45) is 0. The Morgan fingerprint density at radius 1 is 0.276 bits per heavy atom. The highest BCUT2D eigenvalue weighted by Gasteiger charge is 2.23. The largest absolute Gasteiger partial charge is 0.310 e. The van der Waals surface area contributed by atoms with E-state index < -0.39 is 0 Å². The van der Waals surface area contributed by atoms with Gasteiger partial charge in [-0.05, 0) is 107 Å². The van der Waals surface area contributed by atoms with E-state index in [1.165, 1.54) is 36.7 Å². The number of anilines is 3. The van der Waals surface area contributed by atoms with Crippen molar-refractivity contribution in [2.75, 3.05) is 4.90 Å². The van der Waals surface area contributed by atoms with Gasteiger partial charge in [-0.1, -0.05) is 182 Å². The molecule has 6 nitrogen and oxygen atoms in total. The lowest BCUT2D eigenvalue weighted by Crippen LogP contribution is -2.09. The molecule has 0 N–H and O–H groups in total. The number of benzene rings is 11. The molecule has 0 aliphatic heterocycles. The zero-order chi connectivity index (χ0) is 50.1. The highest BCUT2D eigenvalue weighted by atomic mass is 32.1. The molecule has 0 spiro atoms. The third-order valence-electron chi connectivity index (χ3n) is 14.8. The van der Waals surface area contributed by atoms with Gasteiger partial charge in [0.15, 0.2) is 11.6 Å². The van der Waals surface area contributed by atoms with Gasteiger partial charge in [0, 0.05) is 75.6 Å². The second kappa shape index (κ2) is 17.9. The Morgan fingerprint density at radius 2 is 0.737 bits per heavy atom. The number of aromatic nitrogens is 5. The molecule has 0 unspecified atom stereocenters. The maximum atomic E-state index is 5.30. The molecule has 0 saturated carbocycles. The van der Waals surface area contributed by atoms with Gasteiger partial charge < -0.3 is 9.47 Å². The number of nitrogens with zero attached hydrogens (tertiary/aromatic N) is 6. The fraction of sp³-hybridized carbons (Fsp3) is 0. The van der Waals surface area contributed by atoms with Gasteiger partial charge in [-0.2, -0.15) is 9.97 Å². The third kappa shape index (κ3) is 7.36. The second-order valence-electron chi connectivity index (χ2n) is 19.2. The van der Waals surface area contributed by atoms with Crippen molar-refractivity contribution in [1.82, 2.24) is 24.1 Å². The van der Waals surface area contributed by atoms with Crippen molar-refractivity contribution < 1.29 is 0 Å². The topological polar surface area (TPSA) is 51.8 Å². The molecule has 0 aliphatic rings. The molecule has 0 saturated heterocycles. The number of rotatable bonds is 9. The Morgan fingerprint density at radius 3 is 1.39 bits per heavy atom. The normalized spacial score (nSPS) is 11.7. The maximum absolute atomic E-state index is 5.30. The van der Waals surface area contributed by atoms with Gasteiger partial charge in [-0.25, -0.2) is 4.98 Å². The Labute approximate surface area is 442 Å². The molecule has 0 aliphatic carbocycles. The Hall–Kier alpha value is -9.95. The van der Waals surface area contributed by atoms with Crippen molar-refractivity contribution in [3.05, 3.63) is 267 Å². The second-order valence-corrected chi connectivity index (χ2v) is 20.3. The summed E-state index contributed by atoms with van der Waals surface area (Å²) in [6.45, 7) is 0. The first kappa shape index (κ1) is 43.6. The number of para-hydroxylation sites is 2. The summed E-state index contributed by atoms with van der Waals surface area (Å²) in [6, 6.07) is 95.4. The van der Waals surface area contributed by atoms with Crippen LogP contribution >= 0.6 is 11.3 Å². The number of hydrogen-bond acceptors (Lipinski definition) is 5. The van der Waals surface area contributed by atoms with E-state index in [0.29, 0.717) is 17.6 Å². The van der Waals surface area contributed by atoms with Crippen LogP contribution < -0.4 is 4.90 Å². The predicted molar refractivity (Wildman–Crippen MR) is 318 cm³/mol. The van der Waals surface area contributed by atoms with E-state index >= 15 is 0 Å². The van der Waals surface area contributed by atoms with Crippen molar-refractivity contribution in [1.29, 1.82) is 0 Å². The Kier molecular flexibility index (Phi) is 10.3. The lowest BCUT2D eigenvalue weighted by atomic mass is 10.0. The van der Waals surface area contributed by atoms with E-state index in [2.05, 4.69) is 245 Å². The number of fused-ring (bicyclic) bond motifs is 9. The summed E-state index contributed by atoms with van der Waals surface area (Å²) in [4.78, 5) is 18.1. The van der Waals surface area contributed by atoms with E-state index in [1.54, 1.807) is 0 Å². The molecule has 0 fully saturated rings. The zero-order valence-corrected chi connectivity index (χ0v) is 41.8. The summed E-state index contributed by atoms with van der Waals surface area (Å²) in [5.74, 6) is 1.78. The Bertz CT molecular complexity index is 4600. The monoisotopic (exact) mass is 988 g/mol. The van der Waals surface area contributed by atoms with Gasteiger partial charge >= 0.3 is 0 Å². The van der Waals surface area contributed by atoms with Gasteiger partial charge in [0.05, 0.1) is 22.1 Å². The molecule has 356 valence electrons. The maximum Gasteiger partial charge on any atom is 0.238 e. The molecule has 15 aromatic rings. The van der Waals surface area contributed by atoms with Crippen LogP contribution in [0.3, 0.4) is 0 Å². The molecule has 0 atom stereocenters. The first-order valence-electron chi connectivity index (χ1n) is 25.6. The van der Waals surface area contributed by atoms with Crippen LogP contribution in [-0.2, 0) is 0 Å². The number of hydrogen-bond donors (Lipinski definition) is 0. The molecule has 76 heavy (non-hydrogen) atoms. The van der Waals surface area contributed by atoms with Crippen LogP contribution in [-0.4, -0.2) is 24.1 Å². The third-order valence-corrected chi connectivity index (χ3v) is 15.9. The molecular weight excluding hydrogens is 945 g/mol. The van der Waals surface area contributed by atoms with E-state index in [9.17, 15) is 0 Å². The minimum Gasteiger partial charge on any atom is -0.310 e. The first-order chi connectivity index (χ1) is 37.7. The lowest BCUT2D eigenvalue weighted by Gasteiger charge is -2.26. The molecule has 7 heteroatoms. The molecule has 4 heterocycles. The Balaban J connectivity index is 0.914. The van der Waals surface area contributed by atoms with Crippen LogP contribution in [0.25, 0.3) is 120 Å². The zero-order valence-electron chi connectivity index (χ0n) is 41.0. The molecule has 15 rings (SSSR count). The van der Waals surface area contributed by atoms with Crippen LogP contribution in [0.1, 0.15) is 0 Å². The average Bonchev–Trinajstić information content (AvgIpc) is 4.17. The van der Waals surface area contributed by atoms with Crippen molar-refractivity contribution in [2.24, 2.45) is 0 Å². The predicted octanol–water partition coefficient (Wildman–Crippen LogP) is 18.6. The standard InChI is InChI=1S/C69H44N6S/c1-5-17-45(18-6-1)46-29-34-52(35-30-46)73(54-38-39-57-56-26-14-16-28-65(56)76-66(57)42-54)53-36-31-47(32-37-53)50-33-40-62-58(41-50)60-44-63-59(55-25-13-15-27-61(55)74(63)51-23-11-4-12-24-51)43-64(60)75(62)69-71-67(48-19-7-2-8-20-48)70-68(72-69)49-21-9-3-10-22-49/h1-44H. The van der Waals surface area contributed by atoms with E-state index in [-0.39, 0.29) is 0 Å². The lowest BCUT2D eigenvalue weighted by molar-refractivity contribution is 0.954.